The van der Waals surface area contributed by atoms with Crippen LogP contribution >= 0.6 is 0 Å². The molecule has 2 saturated heterocycles. The van der Waals surface area contributed by atoms with Crippen LogP contribution in [0, 0.1) is 0 Å². The number of rotatable bonds is 2. The Labute approximate surface area is 106 Å². The Bertz CT molecular complexity index is 446. The monoisotopic (exact) mass is 247 g/mol. The minimum absolute atomic E-state index is 0.0612. The Morgan fingerprint density at radius 1 is 1.44 bits per heavy atom. The van der Waals surface area contributed by atoms with Gasteiger partial charge in [-0.15, -0.1) is 0 Å². The van der Waals surface area contributed by atoms with Crippen molar-refractivity contribution < 1.29 is 4.79 Å². The minimum atomic E-state index is 0.0612. The minimum Gasteiger partial charge on any atom is -0.353 e. The van der Waals surface area contributed by atoms with Crippen LogP contribution in [-0.4, -0.2) is 48.1 Å². The highest BCUT2D eigenvalue weighted by Crippen LogP contribution is 2.19. The number of carbonyl (C=O) groups excluding carboxylic acids is 1. The number of fused-ring (bicyclic) bond motifs is 1. The van der Waals surface area contributed by atoms with Crippen molar-refractivity contribution in [2.45, 2.75) is 12.6 Å². The van der Waals surface area contributed by atoms with Crippen LogP contribution in [0.3, 0.4) is 0 Å². The van der Waals surface area contributed by atoms with E-state index in [1.165, 1.54) is 0 Å². The second-order valence-corrected chi connectivity index (χ2v) is 4.71. The Morgan fingerprint density at radius 3 is 3.06 bits per heavy atom. The second kappa shape index (κ2) is 4.45. The highest BCUT2D eigenvalue weighted by molar-refractivity contribution is 5.77. The lowest BCUT2D eigenvalue weighted by atomic mass is 10.2. The average Bonchev–Trinajstić information content (AvgIpc) is 2.80. The summed E-state index contributed by atoms with van der Waals surface area (Å²) in [5.74, 6) is 0.964. The fraction of sp³-hybridized carbons (Fsp3) is 0.500. The van der Waals surface area contributed by atoms with Gasteiger partial charge in [-0.1, -0.05) is 6.07 Å². The van der Waals surface area contributed by atoms with Gasteiger partial charge < -0.3 is 20.9 Å². The smallest absolute Gasteiger partial charge is 0.317 e. The first-order chi connectivity index (χ1) is 8.78. The van der Waals surface area contributed by atoms with Crippen molar-refractivity contribution in [3.05, 3.63) is 23.9 Å². The lowest BCUT2D eigenvalue weighted by molar-refractivity contribution is 0.197. The summed E-state index contributed by atoms with van der Waals surface area (Å²) in [7, 11) is 0. The lowest BCUT2D eigenvalue weighted by Crippen LogP contribution is -2.52. The van der Waals surface area contributed by atoms with Crippen molar-refractivity contribution >= 4 is 11.8 Å². The molecule has 1 atom stereocenters. The molecule has 1 aromatic rings. The molecular formula is C12H17N5O. The summed E-state index contributed by atoms with van der Waals surface area (Å²) in [6.07, 6.45) is 1.82. The van der Waals surface area contributed by atoms with Crippen LogP contribution < -0.4 is 16.0 Å². The molecule has 0 aromatic carbocycles. The van der Waals surface area contributed by atoms with Crippen molar-refractivity contribution in [2.24, 2.45) is 5.73 Å². The maximum Gasteiger partial charge on any atom is 0.317 e. The van der Waals surface area contributed by atoms with E-state index < -0.39 is 0 Å². The summed E-state index contributed by atoms with van der Waals surface area (Å²) in [5, 5.41) is 2.88. The SMILES string of the molecule is NCc1ccc(N2CCN3C(=O)NCC3C2)nc1. The van der Waals surface area contributed by atoms with Gasteiger partial charge in [0.05, 0.1) is 6.04 Å². The number of nitrogens with one attached hydrogen (secondary N) is 1. The van der Waals surface area contributed by atoms with Crippen LogP contribution in [-0.2, 0) is 6.54 Å². The number of amides is 2. The molecule has 6 nitrogen and oxygen atoms in total. The van der Waals surface area contributed by atoms with E-state index in [0.29, 0.717) is 6.54 Å². The zero-order valence-corrected chi connectivity index (χ0v) is 10.2. The Morgan fingerprint density at radius 2 is 2.33 bits per heavy atom. The molecule has 0 spiro atoms. The van der Waals surface area contributed by atoms with Crippen LogP contribution in [0.2, 0.25) is 0 Å². The normalized spacial score (nSPS) is 22.9. The van der Waals surface area contributed by atoms with Gasteiger partial charge in [-0.25, -0.2) is 9.78 Å². The number of aromatic nitrogens is 1. The first-order valence-corrected chi connectivity index (χ1v) is 6.22. The molecule has 6 heteroatoms. The number of hydrogen-bond acceptors (Lipinski definition) is 4. The second-order valence-electron chi connectivity index (χ2n) is 4.71. The van der Waals surface area contributed by atoms with Crippen LogP contribution in [0.15, 0.2) is 18.3 Å². The average molecular weight is 247 g/mol. The van der Waals surface area contributed by atoms with Gasteiger partial charge in [-0.2, -0.15) is 0 Å². The molecule has 18 heavy (non-hydrogen) atoms. The third kappa shape index (κ3) is 1.88. The van der Waals surface area contributed by atoms with Crippen LogP contribution in [0.25, 0.3) is 0 Å². The first-order valence-electron chi connectivity index (χ1n) is 6.22. The molecule has 2 fully saturated rings. The van der Waals surface area contributed by atoms with E-state index in [4.69, 9.17) is 5.73 Å². The predicted octanol–water partition coefficient (Wildman–Crippen LogP) is -0.246. The highest BCUT2D eigenvalue weighted by atomic mass is 16.2. The fourth-order valence-electron chi connectivity index (χ4n) is 2.54. The summed E-state index contributed by atoms with van der Waals surface area (Å²) in [6, 6.07) is 4.34. The lowest BCUT2D eigenvalue weighted by Gasteiger charge is -2.37. The quantitative estimate of drug-likeness (QED) is 0.756. The number of hydrogen-bond donors (Lipinski definition) is 2. The van der Waals surface area contributed by atoms with Gasteiger partial charge >= 0.3 is 6.03 Å². The van der Waals surface area contributed by atoms with E-state index in [9.17, 15) is 4.79 Å². The van der Waals surface area contributed by atoms with E-state index in [0.717, 1.165) is 37.6 Å². The molecule has 1 aromatic heterocycles. The van der Waals surface area contributed by atoms with E-state index in [1.807, 2.05) is 23.2 Å². The number of nitrogens with zero attached hydrogens (tertiary/aromatic N) is 3. The van der Waals surface area contributed by atoms with E-state index >= 15 is 0 Å². The van der Waals surface area contributed by atoms with Gasteiger partial charge in [0.1, 0.15) is 5.82 Å². The molecule has 2 aliphatic heterocycles. The van der Waals surface area contributed by atoms with Gasteiger partial charge in [0.2, 0.25) is 0 Å². The Kier molecular flexibility index (Phi) is 2.79. The molecular weight excluding hydrogens is 230 g/mol. The first kappa shape index (κ1) is 11.3. The summed E-state index contributed by atoms with van der Waals surface area (Å²) in [4.78, 5) is 20.1. The Hall–Kier alpha value is -1.82. The Balaban J connectivity index is 1.72. The number of nitrogens with two attached hydrogens (primary N) is 1. The zero-order valence-electron chi connectivity index (χ0n) is 10.2. The fourth-order valence-corrected chi connectivity index (χ4v) is 2.54. The topological polar surface area (TPSA) is 74.5 Å². The molecule has 3 N–H and O–H groups in total. The number of urea groups is 1. The highest BCUT2D eigenvalue weighted by Gasteiger charge is 2.35. The third-order valence-corrected chi connectivity index (χ3v) is 3.60. The van der Waals surface area contributed by atoms with Crippen LogP contribution in [0.4, 0.5) is 10.6 Å². The largest absolute Gasteiger partial charge is 0.353 e. The van der Waals surface area contributed by atoms with Crippen molar-refractivity contribution in [3.63, 3.8) is 0 Å². The van der Waals surface area contributed by atoms with Gasteiger partial charge in [-0.3, -0.25) is 0 Å². The number of carbonyl (C=O) groups is 1. The molecule has 0 aliphatic carbocycles. The standard InChI is InChI=1S/C12H17N5O/c13-5-9-1-2-11(14-6-9)16-3-4-17-10(8-16)7-15-12(17)18/h1-2,6,10H,3-5,7-8,13H2,(H,15,18). The van der Waals surface area contributed by atoms with Crippen molar-refractivity contribution in [2.75, 3.05) is 31.1 Å². The number of pyridine rings is 1. The summed E-state index contributed by atoms with van der Waals surface area (Å²) >= 11 is 0. The maximum atomic E-state index is 11.5. The van der Waals surface area contributed by atoms with E-state index in [1.54, 1.807) is 0 Å². The molecule has 3 rings (SSSR count). The third-order valence-electron chi connectivity index (χ3n) is 3.60. The van der Waals surface area contributed by atoms with Gasteiger partial charge in [0.25, 0.3) is 0 Å². The molecule has 0 bridgehead atoms. The molecule has 1 unspecified atom stereocenters. The van der Waals surface area contributed by atoms with Crippen molar-refractivity contribution in [1.29, 1.82) is 0 Å². The van der Waals surface area contributed by atoms with E-state index in [-0.39, 0.29) is 12.1 Å². The molecule has 2 amide bonds. The van der Waals surface area contributed by atoms with Crippen molar-refractivity contribution in [1.82, 2.24) is 15.2 Å². The van der Waals surface area contributed by atoms with Crippen LogP contribution in [0.1, 0.15) is 5.56 Å². The van der Waals surface area contributed by atoms with Gasteiger partial charge in [0, 0.05) is 38.9 Å². The summed E-state index contributed by atoms with van der Waals surface area (Å²) in [5.41, 5.74) is 6.59. The molecule has 0 saturated carbocycles. The number of piperazine rings is 1. The summed E-state index contributed by atoms with van der Waals surface area (Å²) in [6.45, 7) is 3.68. The molecule has 0 radical (unpaired) electrons. The predicted molar refractivity (Wildman–Crippen MR) is 68.2 cm³/mol. The zero-order chi connectivity index (χ0) is 12.5. The van der Waals surface area contributed by atoms with Gasteiger partial charge in [0.15, 0.2) is 0 Å². The number of anilines is 1. The molecule has 96 valence electrons. The van der Waals surface area contributed by atoms with Crippen LogP contribution in [0.5, 0.6) is 0 Å². The maximum absolute atomic E-state index is 11.5. The van der Waals surface area contributed by atoms with Gasteiger partial charge in [-0.05, 0) is 11.6 Å². The van der Waals surface area contributed by atoms with Crippen molar-refractivity contribution in [3.8, 4) is 0 Å². The molecule has 2 aliphatic rings. The van der Waals surface area contributed by atoms with E-state index in [2.05, 4.69) is 15.2 Å². The molecule has 3 heterocycles. The summed E-state index contributed by atoms with van der Waals surface area (Å²) < 4.78 is 0.